The van der Waals surface area contributed by atoms with Gasteiger partial charge in [0.1, 0.15) is 11.8 Å². The SMILES string of the molecule is COC(=O)[C@H](CCS)N(C(=O)c1ccccc1OC)c1ccccc1. The fourth-order valence-electron chi connectivity index (χ4n) is 2.59. The van der Waals surface area contributed by atoms with Crippen molar-refractivity contribution in [3.8, 4) is 5.75 Å². The van der Waals surface area contributed by atoms with Crippen LogP contribution in [-0.2, 0) is 9.53 Å². The van der Waals surface area contributed by atoms with Crippen LogP contribution in [0.2, 0.25) is 0 Å². The van der Waals surface area contributed by atoms with Gasteiger partial charge in [0.25, 0.3) is 5.91 Å². The lowest BCUT2D eigenvalue weighted by Gasteiger charge is -2.30. The molecule has 132 valence electrons. The molecule has 0 saturated heterocycles. The van der Waals surface area contributed by atoms with Crippen molar-refractivity contribution in [2.45, 2.75) is 12.5 Å². The number of esters is 1. The van der Waals surface area contributed by atoms with Gasteiger partial charge in [-0.3, -0.25) is 9.69 Å². The molecule has 0 aromatic heterocycles. The van der Waals surface area contributed by atoms with E-state index in [1.165, 1.54) is 19.1 Å². The Morgan fingerprint density at radius 1 is 1.04 bits per heavy atom. The van der Waals surface area contributed by atoms with Gasteiger partial charge in [-0.05, 0) is 36.4 Å². The van der Waals surface area contributed by atoms with E-state index >= 15 is 0 Å². The smallest absolute Gasteiger partial charge is 0.329 e. The maximum absolute atomic E-state index is 13.3. The maximum atomic E-state index is 13.3. The van der Waals surface area contributed by atoms with Gasteiger partial charge in [0.2, 0.25) is 0 Å². The second-order valence-electron chi connectivity index (χ2n) is 5.26. The molecule has 25 heavy (non-hydrogen) atoms. The zero-order valence-corrected chi connectivity index (χ0v) is 15.1. The number of carbonyl (C=O) groups is 2. The third-order valence-corrected chi connectivity index (χ3v) is 4.04. The number of benzene rings is 2. The molecule has 0 aliphatic carbocycles. The van der Waals surface area contributed by atoms with Gasteiger partial charge < -0.3 is 9.47 Å². The van der Waals surface area contributed by atoms with Crippen LogP contribution in [0.1, 0.15) is 16.8 Å². The van der Waals surface area contributed by atoms with Crippen molar-refractivity contribution < 1.29 is 19.1 Å². The summed E-state index contributed by atoms with van der Waals surface area (Å²) in [5.74, 6) is 0.0624. The van der Waals surface area contributed by atoms with Crippen molar-refractivity contribution in [1.82, 2.24) is 0 Å². The molecule has 2 aromatic rings. The molecule has 1 atom stereocenters. The molecule has 0 aliphatic rings. The Kier molecular flexibility index (Phi) is 6.89. The molecule has 0 saturated carbocycles. The minimum atomic E-state index is -0.776. The number of para-hydroxylation sites is 2. The van der Waals surface area contributed by atoms with E-state index in [4.69, 9.17) is 9.47 Å². The molecule has 0 bridgehead atoms. The molecule has 0 heterocycles. The fourth-order valence-corrected chi connectivity index (χ4v) is 2.83. The van der Waals surface area contributed by atoms with Crippen LogP contribution in [0.25, 0.3) is 0 Å². The second kappa shape index (κ2) is 9.13. The number of ether oxygens (including phenoxy) is 2. The van der Waals surface area contributed by atoms with E-state index in [-0.39, 0.29) is 5.91 Å². The Hall–Kier alpha value is -2.47. The van der Waals surface area contributed by atoms with Gasteiger partial charge in [0, 0.05) is 5.69 Å². The summed E-state index contributed by atoms with van der Waals surface area (Å²) < 4.78 is 10.2. The van der Waals surface area contributed by atoms with Crippen LogP contribution in [0.3, 0.4) is 0 Å². The van der Waals surface area contributed by atoms with E-state index in [1.54, 1.807) is 36.4 Å². The first-order chi connectivity index (χ1) is 12.1. The molecule has 0 spiro atoms. The summed E-state index contributed by atoms with van der Waals surface area (Å²) in [5, 5.41) is 0. The minimum absolute atomic E-state index is 0.333. The molecule has 0 unspecified atom stereocenters. The third kappa shape index (κ3) is 4.33. The van der Waals surface area contributed by atoms with Gasteiger partial charge in [-0.25, -0.2) is 4.79 Å². The number of amides is 1. The molecule has 0 radical (unpaired) electrons. The number of carbonyl (C=O) groups excluding carboxylic acids is 2. The average molecular weight is 359 g/mol. The summed E-state index contributed by atoms with van der Waals surface area (Å²) >= 11 is 4.22. The molecule has 0 fully saturated rings. The molecule has 1 amide bonds. The molecular formula is C19H21NO4S. The Balaban J connectivity index is 2.54. The first-order valence-electron chi connectivity index (χ1n) is 7.84. The Labute approximate surface area is 153 Å². The normalized spacial score (nSPS) is 11.5. The van der Waals surface area contributed by atoms with Crippen molar-refractivity contribution >= 4 is 30.2 Å². The van der Waals surface area contributed by atoms with E-state index in [2.05, 4.69) is 12.6 Å². The Morgan fingerprint density at radius 2 is 1.68 bits per heavy atom. The van der Waals surface area contributed by atoms with Crippen molar-refractivity contribution in [1.29, 1.82) is 0 Å². The topological polar surface area (TPSA) is 55.8 Å². The number of thiol groups is 1. The summed E-state index contributed by atoms with van der Waals surface area (Å²) in [6.45, 7) is 0. The molecular weight excluding hydrogens is 338 g/mol. The van der Waals surface area contributed by atoms with E-state index in [0.29, 0.717) is 29.2 Å². The van der Waals surface area contributed by atoms with Gasteiger partial charge in [-0.1, -0.05) is 30.3 Å². The first kappa shape index (κ1) is 18.9. The number of nitrogens with zero attached hydrogens (tertiary/aromatic N) is 1. The van der Waals surface area contributed by atoms with Gasteiger partial charge >= 0.3 is 5.97 Å². The lowest BCUT2D eigenvalue weighted by atomic mass is 10.1. The van der Waals surface area contributed by atoms with Crippen LogP contribution in [0, 0.1) is 0 Å². The van der Waals surface area contributed by atoms with Crippen LogP contribution >= 0.6 is 12.6 Å². The van der Waals surface area contributed by atoms with Gasteiger partial charge in [0.15, 0.2) is 0 Å². The third-order valence-electron chi connectivity index (χ3n) is 3.78. The van der Waals surface area contributed by atoms with Gasteiger partial charge in [-0.15, -0.1) is 0 Å². The highest BCUT2D eigenvalue weighted by Crippen LogP contribution is 2.26. The van der Waals surface area contributed by atoms with Crippen LogP contribution in [0.15, 0.2) is 54.6 Å². The Morgan fingerprint density at radius 3 is 2.28 bits per heavy atom. The fraction of sp³-hybridized carbons (Fsp3) is 0.263. The summed E-state index contributed by atoms with van der Waals surface area (Å²) in [6, 6.07) is 15.2. The highest BCUT2D eigenvalue weighted by Gasteiger charge is 2.33. The standard InChI is InChI=1S/C19H21NO4S/c1-23-17-11-7-6-10-15(17)18(21)20(14-8-4-3-5-9-14)16(12-13-25)19(22)24-2/h3-11,16,25H,12-13H2,1-2H3/t16-/m0/s1. The average Bonchev–Trinajstić information content (AvgIpc) is 2.67. The van der Waals surface area contributed by atoms with E-state index < -0.39 is 12.0 Å². The van der Waals surface area contributed by atoms with Crippen LogP contribution in [-0.4, -0.2) is 37.9 Å². The highest BCUT2D eigenvalue weighted by molar-refractivity contribution is 7.80. The van der Waals surface area contributed by atoms with E-state index in [9.17, 15) is 9.59 Å². The van der Waals surface area contributed by atoms with Crippen molar-refractivity contribution in [2.75, 3.05) is 24.9 Å². The summed E-state index contributed by atoms with van der Waals surface area (Å²) in [7, 11) is 2.81. The lowest BCUT2D eigenvalue weighted by Crippen LogP contribution is -2.46. The largest absolute Gasteiger partial charge is 0.496 e. The number of anilines is 1. The lowest BCUT2D eigenvalue weighted by molar-refractivity contribution is -0.142. The van der Waals surface area contributed by atoms with Gasteiger partial charge in [0.05, 0.1) is 19.8 Å². The number of rotatable bonds is 7. The second-order valence-corrected chi connectivity index (χ2v) is 5.71. The quantitative estimate of drug-likeness (QED) is 0.609. The number of hydrogen-bond donors (Lipinski definition) is 1. The molecule has 2 aromatic carbocycles. The van der Waals surface area contributed by atoms with Crippen molar-refractivity contribution in [2.24, 2.45) is 0 Å². The van der Waals surface area contributed by atoms with Crippen LogP contribution < -0.4 is 9.64 Å². The maximum Gasteiger partial charge on any atom is 0.329 e. The molecule has 0 N–H and O–H groups in total. The molecule has 5 nitrogen and oxygen atoms in total. The first-order valence-corrected chi connectivity index (χ1v) is 8.47. The summed E-state index contributed by atoms with van der Waals surface area (Å²) in [5.41, 5.74) is 0.984. The molecule has 0 aliphatic heterocycles. The summed E-state index contributed by atoms with van der Waals surface area (Å²) in [4.78, 5) is 27.0. The molecule has 2 rings (SSSR count). The van der Waals surface area contributed by atoms with Crippen LogP contribution in [0.4, 0.5) is 5.69 Å². The van der Waals surface area contributed by atoms with E-state index in [0.717, 1.165) is 0 Å². The van der Waals surface area contributed by atoms with Crippen LogP contribution in [0.5, 0.6) is 5.75 Å². The highest BCUT2D eigenvalue weighted by atomic mass is 32.1. The molecule has 6 heteroatoms. The van der Waals surface area contributed by atoms with Crippen molar-refractivity contribution in [3.63, 3.8) is 0 Å². The number of methoxy groups -OCH3 is 2. The number of hydrogen-bond acceptors (Lipinski definition) is 5. The zero-order chi connectivity index (χ0) is 18.2. The minimum Gasteiger partial charge on any atom is -0.496 e. The predicted octanol–water partition coefficient (Wildman–Crippen LogP) is 3.20. The Bertz CT molecular complexity index is 720. The summed E-state index contributed by atoms with van der Waals surface area (Å²) in [6.07, 6.45) is 0.367. The van der Waals surface area contributed by atoms with Gasteiger partial charge in [-0.2, -0.15) is 12.6 Å². The monoisotopic (exact) mass is 359 g/mol. The predicted molar refractivity (Wildman–Crippen MR) is 101 cm³/mol. The zero-order valence-electron chi connectivity index (χ0n) is 14.2. The van der Waals surface area contributed by atoms with Crippen molar-refractivity contribution in [3.05, 3.63) is 60.2 Å². The van der Waals surface area contributed by atoms with E-state index in [1.807, 2.05) is 18.2 Å².